The molecule has 2 saturated heterocycles. The monoisotopic (exact) mass is 408 g/mol. The van der Waals surface area contributed by atoms with Crippen LogP contribution in [-0.4, -0.2) is 57.9 Å². The zero-order chi connectivity index (χ0) is 20.8. The number of nitrogens with one attached hydrogen (secondary N) is 3. The number of hydrogen-bond donors (Lipinski definition) is 3. The Balaban J connectivity index is 1.25. The standard InChI is InChI=1S/C22H28N6O2/c29-21(26-12-16-4-3-8-23-11-16)7-6-19-14-27-22(30)20-10-18(15-28(19)20)25-13-17-5-1-2-9-24-17/h1-5,8-9,11,18-20,25H,6-7,10,12-15H2,(H,26,29)(H,27,30)/t18-,19-,20-/m1/s1. The largest absolute Gasteiger partial charge is 0.353 e. The Labute approximate surface area is 176 Å². The Bertz CT molecular complexity index is 847. The molecule has 0 unspecified atom stereocenters. The molecule has 8 nitrogen and oxygen atoms in total. The molecule has 2 aliphatic rings. The van der Waals surface area contributed by atoms with Gasteiger partial charge in [0.1, 0.15) is 0 Å². The summed E-state index contributed by atoms with van der Waals surface area (Å²) in [5.41, 5.74) is 1.98. The third kappa shape index (κ3) is 5.20. The van der Waals surface area contributed by atoms with Gasteiger partial charge in [-0.1, -0.05) is 12.1 Å². The number of aromatic nitrogens is 2. The lowest BCUT2D eigenvalue weighted by atomic mass is 10.0. The van der Waals surface area contributed by atoms with E-state index in [4.69, 9.17) is 0 Å². The number of rotatable bonds is 8. The van der Waals surface area contributed by atoms with E-state index in [2.05, 4.69) is 30.8 Å². The van der Waals surface area contributed by atoms with Gasteiger partial charge in [-0.15, -0.1) is 0 Å². The molecule has 2 aromatic rings. The maximum atomic E-state index is 12.4. The molecule has 158 valence electrons. The van der Waals surface area contributed by atoms with Crippen LogP contribution in [0.25, 0.3) is 0 Å². The van der Waals surface area contributed by atoms with Gasteiger partial charge in [-0.3, -0.25) is 24.5 Å². The molecule has 0 radical (unpaired) electrons. The number of pyridine rings is 2. The molecule has 0 aliphatic carbocycles. The summed E-state index contributed by atoms with van der Waals surface area (Å²) in [6.45, 7) is 2.58. The highest BCUT2D eigenvalue weighted by atomic mass is 16.2. The predicted octanol–water partition coefficient (Wildman–Crippen LogP) is 0.604. The Hall–Kier alpha value is -2.84. The number of carbonyl (C=O) groups excluding carboxylic acids is 2. The third-order valence-electron chi connectivity index (χ3n) is 5.84. The van der Waals surface area contributed by atoms with Crippen molar-refractivity contribution in [1.82, 2.24) is 30.8 Å². The van der Waals surface area contributed by atoms with Crippen molar-refractivity contribution in [2.45, 2.75) is 50.5 Å². The van der Waals surface area contributed by atoms with Gasteiger partial charge in [0.25, 0.3) is 0 Å². The second kappa shape index (κ2) is 9.77. The van der Waals surface area contributed by atoms with E-state index in [1.165, 1.54) is 0 Å². The highest BCUT2D eigenvalue weighted by Gasteiger charge is 2.43. The minimum atomic E-state index is -0.122. The number of amides is 2. The van der Waals surface area contributed by atoms with E-state index in [-0.39, 0.29) is 29.9 Å². The summed E-state index contributed by atoms with van der Waals surface area (Å²) in [7, 11) is 0. The third-order valence-corrected chi connectivity index (χ3v) is 5.84. The smallest absolute Gasteiger partial charge is 0.237 e. The van der Waals surface area contributed by atoms with Crippen molar-refractivity contribution in [3.63, 3.8) is 0 Å². The Morgan fingerprint density at radius 3 is 2.93 bits per heavy atom. The fourth-order valence-electron chi connectivity index (χ4n) is 4.23. The van der Waals surface area contributed by atoms with Gasteiger partial charge in [-0.2, -0.15) is 0 Å². The van der Waals surface area contributed by atoms with Crippen molar-refractivity contribution >= 4 is 11.8 Å². The van der Waals surface area contributed by atoms with E-state index in [1.54, 1.807) is 18.6 Å². The van der Waals surface area contributed by atoms with Crippen LogP contribution in [0.3, 0.4) is 0 Å². The van der Waals surface area contributed by atoms with Crippen LogP contribution in [0.5, 0.6) is 0 Å². The van der Waals surface area contributed by atoms with E-state index in [9.17, 15) is 9.59 Å². The SMILES string of the molecule is O=C(CC[C@@H]1CNC(=O)[C@H]2C[C@@H](NCc3ccccn3)CN12)NCc1cccnc1. The summed E-state index contributed by atoms with van der Waals surface area (Å²) in [6.07, 6.45) is 7.20. The van der Waals surface area contributed by atoms with Gasteiger partial charge in [0, 0.05) is 63.3 Å². The first-order valence-corrected chi connectivity index (χ1v) is 10.5. The molecule has 0 aromatic carbocycles. The number of piperazine rings is 1. The van der Waals surface area contributed by atoms with Crippen LogP contribution in [0.4, 0.5) is 0 Å². The zero-order valence-electron chi connectivity index (χ0n) is 17.0. The van der Waals surface area contributed by atoms with Crippen molar-refractivity contribution in [1.29, 1.82) is 0 Å². The first-order valence-electron chi connectivity index (χ1n) is 10.5. The maximum absolute atomic E-state index is 12.4. The Morgan fingerprint density at radius 2 is 2.13 bits per heavy atom. The molecule has 2 aromatic heterocycles. The maximum Gasteiger partial charge on any atom is 0.237 e. The van der Waals surface area contributed by atoms with Crippen LogP contribution in [-0.2, 0) is 22.7 Å². The van der Waals surface area contributed by atoms with E-state index >= 15 is 0 Å². The summed E-state index contributed by atoms with van der Waals surface area (Å²) in [5, 5.41) is 9.50. The first kappa shape index (κ1) is 20.4. The molecule has 4 heterocycles. The van der Waals surface area contributed by atoms with Crippen LogP contribution in [0.2, 0.25) is 0 Å². The molecular weight excluding hydrogens is 380 g/mol. The van der Waals surface area contributed by atoms with Gasteiger partial charge >= 0.3 is 0 Å². The molecule has 2 fully saturated rings. The van der Waals surface area contributed by atoms with Crippen LogP contribution in [0, 0.1) is 0 Å². The summed E-state index contributed by atoms with van der Waals surface area (Å²) in [5.74, 6) is 0.116. The zero-order valence-corrected chi connectivity index (χ0v) is 17.0. The molecule has 30 heavy (non-hydrogen) atoms. The fourth-order valence-corrected chi connectivity index (χ4v) is 4.23. The summed E-state index contributed by atoms with van der Waals surface area (Å²) >= 11 is 0. The average Bonchev–Trinajstić information content (AvgIpc) is 3.23. The molecule has 0 saturated carbocycles. The van der Waals surface area contributed by atoms with Crippen molar-refractivity contribution in [2.75, 3.05) is 13.1 Å². The van der Waals surface area contributed by atoms with Crippen LogP contribution in [0.15, 0.2) is 48.9 Å². The van der Waals surface area contributed by atoms with Crippen LogP contribution >= 0.6 is 0 Å². The summed E-state index contributed by atoms with van der Waals surface area (Å²) < 4.78 is 0. The van der Waals surface area contributed by atoms with E-state index < -0.39 is 0 Å². The van der Waals surface area contributed by atoms with Crippen molar-refractivity contribution in [2.24, 2.45) is 0 Å². The van der Waals surface area contributed by atoms with E-state index in [0.29, 0.717) is 26.1 Å². The van der Waals surface area contributed by atoms with Gasteiger partial charge in [-0.05, 0) is 36.6 Å². The lowest BCUT2D eigenvalue weighted by Gasteiger charge is -2.37. The van der Waals surface area contributed by atoms with Gasteiger partial charge in [0.05, 0.1) is 11.7 Å². The highest BCUT2D eigenvalue weighted by molar-refractivity contribution is 5.83. The topological polar surface area (TPSA) is 99.2 Å². The van der Waals surface area contributed by atoms with Gasteiger partial charge in [-0.25, -0.2) is 0 Å². The number of carbonyl (C=O) groups is 2. The molecule has 3 N–H and O–H groups in total. The number of hydrogen-bond acceptors (Lipinski definition) is 6. The summed E-state index contributed by atoms with van der Waals surface area (Å²) in [6, 6.07) is 9.97. The summed E-state index contributed by atoms with van der Waals surface area (Å²) in [4.78, 5) is 35.3. The fraction of sp³-hybridized carbons (Fsp3) is 0.455. The molecule has 8 heteroatoms. The lowest BCUT2D eigenvalue weighted by Crippen LogP contribution is -2.58. The normalized spacial score (nSPS) is 23.6. The highest BCUT2D eigenvalue weighted by Crippen LogP contribution is 2.26. The molecule has 2 aliphatic heterocycles. The minimum Gasteiger partial charge on any atom is -0.353 e. The molecule has 0 bridgehead atoms. The number of fused-ring (bicyclic) bond motifs is 1. The second-order valence-electron chi connectivity index (χ2n) is 7.92. The molecule has 0 spiro atoms. The molecular formula is C22H28N6O2. The molecule has 4 rings (SSSR count). The van der Waals surface area contributed by atoms with Gasteiger partial charge in [0.15, 0.2) is 0 Å². The van der Waals surface area contributed by atoms with Gasteiger partial charge < -0.3 is 16.0 Å². The van der Waals surface area contributed by atoms with Crippen LogP contribution in [0.1, 0.15) is 30.5 Å². The number of nitrogens with zero attached hydrogens (tertiary/aromatic N) is 3. The Kier molecular flexibility index (Phi) is 6.66. The van der Waals surface area contributed by atoms with Crippen molar-refractivity contribution < 1.29 is 9.59 Å². The van der Waals surface area contributed by atoms with E-state index in [0.717, 1.165) is 30.6 Å². The quantitative estimate of drug-likeness (QED) is 0.592. The van der Waals surface area contributed by atoms with Crippen molar-refractivity contribution in [3.05, 3.63) is 60.2 Å². The Morgan fingerprint density at radius 1 is 1.20 bits per heavy atom. The lowest BCUT2D eigenvalue weighted by molar-refractivity contribution is -0.129. The second-order valence-corrected chi connectivity index (χ2v) is 7.92. The minimum absolute atomic E-state index is 0.0244. The predicted molar refractivity (Wildman–Crippen MR) is 112 cm³/mol. The van der Waals surface area contributed by atoms with Crippen LogP contribution < -0.4 is 16.0 Å². The first-order chi connectivity index (χ1) is 14.7. The van der Waals surface area contributed by atoms with Gasteiger partial charge in [0.2, 0.25) is 11.8 Å². The van der Waals surface area contributed by atoms with Crippen molar-refractivity contribution in [3.8, 4) is 0 Å². The average molecular weight is 409 g/mol. The molecule has 2 amide bonds. The van der Waals surface area contributed by atoms with E-state index in [1.807, 2.05) is 30.3 Å². The molecule has 3 atom stereocenters.